The predicted octanol–water partition coefficient (Wildman–Crippen LogP) is 3.10. The van der Waals surface area contributed by atoms with E-state index in [2.05, 4.69) is 13.1 Å². The van der Waals surface area contributed by atoms with Crippen LogP contribution in [0.5, 0.6) is 0 Å². The van der Waals surface area contributed by atoms with Crippen LogP contribution in [0.15, 0.2) is 0 Å². The zero-order chi connectivity index (χ0) is 10.3. The van der Waals surface area contributed by atoms with Crippen LogP contribution in [-0.4, -0.2) is 28.2 Å². The van der Waals surface area contributed by atoms with E-state index in [4.69, 9.17) is 4.74 Å². The van der Waals surface area contributed by atoms with E-state index in [9.17, 15) is 13.2 Å². The number of alkyl halides is 3. The highest BCUT2D eigenvalue weighted by atomic mass is 28.3. The van der Waals surface area contributed by atoms with Crippen molar-refractivity contribution in [2.45, 2.75) is 38.2 Å². The normalized spacial score (nSPS) is 12.5. The molecule has 0 amide bonds. The maximum atomic E-state index is 11.6. The summed E-state index contributed by atoms with van der Waals surface area (Å²) in [7, 11) is -0.252. The second kappa shape index (κ2) is 6.43. The Hall–Kier alpha value is -0.0331. The van der Waals surface area contributed by atoms with Crippen molar-refractivity contribution in [3.8, 4) is 0 Å². The van der Waals surface area contributed by atoms with Crippen LogP contribution in [0.3, 0.4) is 0 Å². The molecular formula is C8H16F3OSi. The van der Waals surface area contributed by atoms with Gasteiger partial charge in [-0.2, -0.15) is 13.2 Å². The Bertz CT molecular complexity index is 125. The summed E-state index contributed by atoms with van der Waals surface area (Å²) in [4.78, 5) is 0. The Balaban J connectivity index is 3.09. The van der Waals surface area contributed by atoms with Crippen molar-refractivity contribution < 1.29 is 17.9 Å². The molecule has 0 aliphatic carbocycles. The summed E-state index contributed by atoms with van der Waals surface area (Å²) < 4.78 is 39.7. The Morgan fingerprint density at radius 1 is 1.15 bits per heavy atom. The van der Waals surface area contributed by atoms with Crippen LogP contribution in [0.4, 0.5) is 13.2 Å². The van der Waals surface area contributed by atoms with Crippen LogP contribution in [0.25, 0.3) is 0 Å². The molecule has 0 saturated carbocycles. The molecule has 0 atom stereocenters. The van der Waals surface area contributed by atoms with Gasteiger partial charge in [-0.3, -0.25) is 0 Å². The van der Waals surface area contributed by atoms with E-state index in [1.807, 2.05) is 0 Å². The monoisotopic (exact) mass is 213 g/mol. The fourth-order valence-corrected chi connectivity index (χ4v) is 1.67. The van der Waals surface area contributed by atoms with Crippen LogP contribution >= 0.6 is 0 Å². The van der Waals surface area contributed by atoms with Gasteiger partial charge >= 0.3 is 6.18 Å². The summed E-state index contributed by atoms with van der Waals surface area (Å²) in [6, 6.07) is 1.11. The van der Waals surface area contributed by atoms with Gasteiger partial charge in [-0.1, -0.05) is 19.1 Å². The van der Waals surface area contributed by atoms with Crippen LogP contribution in [-0.2, 0) is 4.74 Å². The van der Waals surface area contributed by atoms with Crippen molar-refractivity contribution in [2.24, 2.45) is 0 Å². The molecule has 0 aromatic carbocycles. The van der Waals surface area contributed by atoms with Crippen LogP contribution in [0, 0.1) is 0 Å². The fraction of sp³-hybridized carbons (Fsp3) is 1.00. The van der Waals surface area contributed by atoms with Crippen LogP contribution in [0.2, 0.25) is 19.1 Å². The van der Waals surface area contributed by atoms with E-state index in [1.165, 1.54) is 0 Å². The first-order valence-corrected chi connectivity index (χ1v) is 7.06. The Morgan fingerprint density at radius 2 is 1.77 bits per heavy atom. The summed E-state index contributed by atoms with van der Waals surface area (Å²) >= 11 is 0. The predicted molar refractivity (Wildman–Crippen MR) is 48.4 cm³/mol. The van der Waals surface area contributed by atoms with Crippen molar-refractivity contribution in [1.82, 2.24) is 0 Å². The van der Waals surface area contributed by atoms with E-state index < -0.39 is 12.6 Å². The average molecular weight is 213 g/mol. The number of ether oxygens (including phenoxy) is 1. The van der Waals surface area contributed by atoms with Gasteiger partial charge in [0.25, 0.3) is 0 Å². The SMILES string of the molecule is C[Si](C)CCCOCCC(F)(F)F. The second-order valence-corrected chi connectivity index (χ2v) is 6.20. The van der Waals surface area contributed by atoms with Gasteiger partial charge in [0.05, 0.1) is 13.0 Å². The van der Waals surface area contributed by atoms with Crippen LogP contribution in [0.1, 0.15) is 12.8 Å². The second-order valence-electron chi connectivity index (χ2n) is 3.29. The minimum absolute atomic E-state index is 0.195. The van der Waals surface area contributed by atoms with Crippen molar-refractivity contribution in [3.63, 3.8) is 0 Å². The highest BCUT2D eigenvalue weighted by Crippen LogP contribution is 2.18. The van der Waals surface area contributed by atoms with Gasteiger partial charge in [0, 0.05) is 15.4 Å². The topological polar surface area (TPSA) is 9.23 Å². The third-order valence-corrected chi connectivity index (χ3v) is 2.85. The lowest BCUT2D eigenvalue weighted by Crippen LogP contribution is -2.12. The minimum Gasteiger partial charge on any atom is -0.381 e. The van der Waals surface area contributed by atoms with E-state index >= 15 is 0 Å². The third-order valence-electron chi connectivity index (χ3n) is 1.50. The largest absolute Gasteiger partial charge is 0.391 e. The molecule has 0 aromatic rings. The maximum absolute atomic E-state index is 11.6. The van der Waals surface area contributed by atoms with E-state index in [-0.39, 0.29) is 15.4 Å². The zero-order valence-corrected chi connectivity index (χ0v) is 9.08. The first-order chi connectivity index (χ1) is 5.92. The highest BCUT2D eigenvalue weighted by molar-refractivity contribution is 6.55. The molecule has 0 heterocycles. The lowest BCUT2D eigenvalue weighted by molar-refractivity contribution is -0.145. The van der Waals surface area contributed by atoms with E-state index in [0.717, 1.165) is 12.5 Å². The van der Waals surface area contributed by atoms with Gasteiger partial charge in [-0.05, 0) is 6.42 Å². The molecular weight excluding hydrogens is 197 g/mol. The summed E-state index contributed by atoms with van der Waals surface area (Å²) in [6.45, 7) is 4.63. The minimum atomic E-state index is -4.08. The Morgan fingerprint density at radius 3 is 2.23 bits per heavy atom. The molecule has 0 aromatic heterocycles. The standard InChI is InChI=1S/C8H16F3OSi/c1-13(2)7-3-5-12-6-4-8(9,10)11/h3-7H2,1-2H3. The molecule has 5 heteroatoms. The summed E-state index contributed by atoms with van der Waals surface area (Å²) in [5.74, 6) is 0. The molecule has 1 radical (unpaired) electrons. The number of hydrogen-bond donors (Lipinski definition) is 0. The Labute approximate surface area is 78.9 Å². The first kappa shape index (κ1) is 13.0. The number of halogens is 3. The Kier molecular flexibility index (Phi) is 6.41. The molecule has 79 valence electrons. The van der Waals surface area contributed by atoms with Gasteiger partial charge in [0.15, 0.2) is 0 Å². The molecule has 0 spiro atoms. The molecule has 0 bridgehead atoms. The molecule has 0 unspecified atom stereocenters. The quantitative estimate of drug-likeness (QED) is 0.486. The average Bonchev–Trinajstić information content (AvgIpc) is 1.93. The molecule has 1 nitrogen and oxygen atoms in total. The van der Waals surface area contributed by atoms with E-state index in [0.29, 0.717) is 6.61 Å². The van der Waals surface area contributed by atoms with Gasteiger partial charge in [0.2, 0.25) is 0 Å². The van der Waals surface area contributed by atoms with Crippen LogP contribution < -0.4 is 0 Å². The van der Waals surface area contributed by atoms with Crippen molar-refractivity contribution in [1.29, 1.82) is 0 Å². The lowest BCUT2D eigenvalue weighted by atomic mass is 10.4. The zero-order valence-electron chi connectivity index (χ0n) is 8.08. The van der Waals surface area contributed by atoms with Gasteiger partial charge < -0.3 is 4.74 Å². The van der Waals surface area contributed by atoms with E-state index in [1.54, 1.807) is 0 Å². The highest BCUT2D eigenvalue weighted by Gasteiger charge is 2.26. The maximum Gasteiger partial charge on any atom is 0.391 e. The smallest absolute Gasteiger partial charge is 0.381 e. The molecule has 0 saturated heterocycles. The molecule has 0 rings (SSSR count). The summed E-state index contributed by atoms with van der Waals surface area (Å²) in [6.07, 6.45) is -4.02. The van der Waals surface area contributed by atoms with Crippen molar-refractivity contribution in [3.05, 3.63) is 0 Å². The van der Waals surface area contributed by atoms with Crippen molar-refractivity contribution >= 4 is 8.80 Å². The first-order valence-electron chi connectivity index (χ1n) is 4.35. The third kappa shape index (κ3) is 12.0. The number of hydrogen-bond acceptors (Lipinski definition) is 1. The van der Waals surface area contributed by atoms with Gasteiger partial charge in [-0.15, -0.1) is 0 Å². The molecule has 0 aliphatic rings. The molecule has 0 aliphatic heterocycles. The number of rotatable bonds is 6. The molecule has 13 heavy (non-hydrogen) atoms. The van der Waals surface area contributed by atoms with Gasteiger partial charge in [-0.25, -0.2) is 0 Å². The van der Waals surface area contributed by atoms with Crippen molar-refractivity contribution in [2.75, 3.05) is 13.2 Å². The molecule has 0 N–H and O–H groups in total. The summed E-state index contributed by atoms with van der Waals surface area (Å²) in [5.41, 5.74) is 0. The fourth-order valence-electron chi connectivity index (χ4n) is 0.818. The summed E-state index contributed by atoms with van der Waals surface area (Å²) in [5, 5.41) is 0. The van der Waals surface area contributed by atoms with Gasteiger partial charge in [0.1, 0.15) is 0 Å². The molecule has 0 fully saturated rings. The lowest BCUT2D eigenvalue weighted by Gasteiger charge is -2.07.